The number of rotatable bonds is 6. The van der Waals surface area contributed by atoms with Crippen molar-refractivity contribution in [2.75, 3.05) is 33.4 Å². The quantitative estimate of drug-likeness (QED) is 0.545. The molecule has 1 amide bonds. The Bertz CT molecular complexity index is 215. The molecule has 0 bridgehead atoms. The third-order valence-electron chi connectivity index (χ3n) is 2.87. The Labute approximate surface area is 96.6 Å². The Morgan fingerprint density at radius 1 is 1.44 bits per heavy atom. The summed E-state index contributed by atoms with van der Waals surface area (Å²) < 4.78 is 5.17. The molecule has 16 heavy (non-hydrogen) atoms. The van der Waals surface area contributed by atoms with Crippen LogP contribution in [0.2, 0.25) is 0 Å². The van der Waals surface area contributed by atoms with E-state index in [9.17, 15) is 9.90 Å². The predicted octanol–water partition coefficient (Wildman–Crippen LogP) is -0.356. The molecule has 1 aliphatic heterocycles. The number of aliphatic hydroxyl groups is 1. The smallest absolute Gasteiger partial charge is 0.220 e. The SMILES string of the molecule is CNCCCC(=O)NCC1(O)CCOCC1. The fourth-order valence-corrected chi connectivity index (χ4v) is 1.71. The first kappa shape index (κ1) is 13.4. The Kier molecular flexibility index (Phi) is 5.73. The van der Waals surface area contributed by atoms with Gasteiger partial charge in [0.05, 0.1) is 5.60 Å². The van der Waals surface area contributed by atoms with Crippen LogP contribution in [-0.2, 0) is 9.53 Å². The normalized spacial score (nSPS) is 19.4. The van der Waals surface area contributed by atoms with Gasteiger partial charge < -0.3 is 20.5 Å². The molecule has 5 nitrogen and oxygen atoms in total. The third kappa shape index (κ3) is 4.92. The average Bonchev–Trinajstić information content (AvgIpc) is 2.28. The topological polar surface area (TPSA) is 70.6 Å². The minimum atomic E-state index is -0.767. The minimum absolute atomic E-state index is 0.00941. The molecule has 1 rings (SSSR count). The lowest BCUT2D eigenvalue weighted by atomic mass is 9.94. The van der Waals surface area contributed by atoms with E-state index in [0.717, 1.165) is 13.0 Å². The fourth-order valence-electron chi connectivity index (χ4n) is 1.71. The van der Waals surface area contributed by atoms with Crippen molar-refractivity contribution in [3.05, 3.63) is 0 Å². The van der Waals surface area contributed by atoms with Gasteiger partial charge in [0.15, 0.2) is 0 Å². The van der Waals surface area contributed by atoms with E-state index in [0.29, 0.717) is 39.0 Å². The number of carbonyl (C=O) groups is 1. The minimum Gasteiger partial charge on any atom is -0.388 e. The molecule has 0 aromatic heterocycles. The summed E-state index contributed by atoms with van der Waals surface area (Å²) in [5.74, 6) is 0.00941. The number of amides is 1. The van der Waals surface area contributed by atoms with E-state index < -0.39 is 5.60 Å². The maximum atomic E-state index is 11.4. The number of carbonyl (C=O) groups excluding carboxylic acids is 1. The van der Waals surface area contributed by atoms with E-state index in [2.05, 4.69) is 10.6 Å². The summed E-state index contributed by atoms with van der Waals surface area (Å²) in [7, 11) is 1.86. The molecule has 1 saturated heterocycles. The maximum absolute atomic E-state index is 11.4. The average molecular weight is 230 g/mol. The van der Waals surface area contributed by atoms with E-state index in [4.69, 9.17) is 4.74 Å². The molecule has 1 aliphatic rings. The molecule has 0 aromatic carbocycles. The van der Waals surface area contributed by atoms with Gasteiger partial charge in [-0.05, 0) is 20.0 Å². The number of ether oxygens (including phenoxy) is 1. The van der Waals surface area contributed by atoms with Gasteiger partial charge in [-0.25, -0.2) is 0 Å². The van der Waals surface area contributed by atoms with Crippen molar-refractivity contribution in [3.63, 3.8) is 0 Å². The first-order valence-corrected chi connectivity index (χ1v) is 5.88. The molecule has 1 heterocycles. The highest BCUT2D eigenvalue weighted by atomic mass is 16.5. The van der Waals surface area contributed by atoms with Crippen LogP contribution in [0.15, 0.2) is 0 Å². The van der Waals surface area contributed by atoms with Gasteiger partial charge in [-0.3, -0.25) is 4.79 Å². The molecule has 0 spiro atoms. The van der Waals surface area contributed by atoms with Gasteiger partial charge >= 0.3 is 0 Å². The van der Waals surface area contributed by atoms with Crippen molar-refractivity contribution in [3.8, 4) is 0 Å². The predicted molar refractivity (Wildman–Crippen MR) is 61.2 cm³/mol. The zero-order valence-corrected chi connectivity index (χ0v) is 9.92. The lowest BCUT2D eigenvalue weighted by Gasteiger charge is -2.32. The second kappa shape index (κ2) is 6.83. The van der Waals surface area contributed by atoms with E-state index in [1.807, 2.05) is 7.05 Å². The summed E-state index contributed by atoms with van der Waals surface area (Å²) in [5.41, 5.74) is -0.767. The lowest BCUT2D eigenvalue weighted by molar-refractivity contribution is -0.124. The summed E-state index contributed by atoms with van der Waals surface area (Å²) >= 11 is 0. The summed E-state index contributed by atoms with van der Waals surface area (Å²) in [6.45, 7) is 2.33. The molecule has 0 atom stereocenters. The summed E-state index contributed by atoms with van der Waals surface area (Å²) in [4.78, 5) is 11.4. The Hall–Kier alpha value is -0.650. The highest BCUT2D eigenvalue weighted by Crippen LogP contribution is 2.19. The van der Waals surface area contributed by atoms with Gasteiger partial charge in [0, 0.05) is 39.0 Å². The van der Waals surface area contributed by atoms with Crippen LogP contribution in [0.5, 0.6) is 0 Å². The number of hydrogen-bond acceptors (Lipinski definition) is 4. The lowest BCUT2D eigenvalue weighted by Crippen LogP contribution is -2.46. The van der Waals surface area contributed by atoms with Crippen LogP contribution in [0.25, 0.3) is 0 Å². The highest BCUT2D eigenvalue weighted by molar-refractivity contribution is 5.75. The van der Waals surface area contributed by atoms with Crippen LogP contribution in [-0.4, -0.2) is 50.0 Å². The van der Waals surface area contributed by atoms with Crippen LogP contribution in [0, 0.1) is 0 Å². The van der Waals surface area contributed by atoms with Crippen molar-refractivity contribution in [1.29, 1.82) is 0 Å². The molecule has 3 N–H and O–H groups in total. The van der Waals surface area contributed by atoms with Gasteiger partial charge in [0.25, 0.3) is 0 Å². The van der Waals surface area contributed by atoms with E-state index in [1.165, 1.54) is 0 Å². The van der Waals surface area contributed by atoms with Crippen LogP contribution in [0.3, 0.4) is 0 Å². The van der Waals surface area contributed by atoms with Crippen LogP contribution < -0.4 is 10.6 Å². The van der Waals surface area contributed by atoms with Crippen molar-refractivity contribution < 1.29 is 14.6 Å². The molecule has 5 heteroatoms. The van der Waals surface area contributed by atoms with Crippen LogP contribution in [0.4, 0.5) is 0 Å². The zero-order valence-electron chi connectivity index (χ0n) is 9.92. The number of nitrogens with one attached hydrogen (secondary N) is 2. The van der Waals surface area contributed by atoms with Crippen molar-refractivity contribution in [2.24, 2.45) is 0 Å². The van der Waals surface area contributed by atoms with Gasteiger partial charge in [-0.15, -0.1) is 0 Å². The highest BCUT2D eigenvalue weighted by Gasteiger charge is 2.29. The molecule has 0 saturated carbocycles. The molecule has 94 valence electrons. The van der Waals surface area contributed by atoms with Crippen LogP contribution in [0.1, 0.15) is 25.7 Å². The Morgan fingerprint density at radius 2 is 2.12 bits per heavy atom. The van der Waals surface area contributed by atoms with Crippen LogP contribution >= 0.6 is 0 Å². The maximum Gasteiger partial charge on any atom is 0.220 e. The first-order chi connectivity index (χ1) is 7.66. The fraction of sp³-hybridized carbons (Fsp3) is 0.909. The van der Waals surface area contributed by atoms with Gasteiger partial charge in [-0.1, -0.05) is 0 Å². The molecular weight excluding hydrogens is 208 g/mol. The molecule has 0 unspecified atom stereocenters. The standard InChI is InChI=1S/C11H22N2O3/c1-12-6-2-3-10(14)13-9-11(15)4-7-16-8-5-11/h12,15H,2-9H2,1H3,(H,13,14). The second-order valence-electron chi connectivity index (χ2n) is 4.32. The van der Waals surface area contributed by atoms with E-state index >= 15 is 0 Å². The van der Waals surface area contributed by atoms with E-state index in [-0.39, 0.29) is 5.91 Å². The zero-order chi connectivity index (χ0) is 11.9. The van der Waals surface area contributed by atoms with Gasteiger partial charge in [0.2, 0.25) is 5.91 Å². The van der Waals surface area contributed by atoms with Gasteiger partial charge in [0.1, 0.15) is 0 Å². The second-order valence-corrected chi connectivity index (χ2v) is 4.32. The Balaban J connectivity index is 2.14. The van der Waals surface area contributed by atoms with Crippen molar-refractivity contribution in [1.82, 2.24) is 10.6 Å². The molecule has 0 aromatic rings. The first-order valence-electron chi connectivity index (χ1n) is 5.88. The summed E-state index contributed by atoms with van der Waals surface area (Å²) in [5, 5.41) is 15.9. The molecular formula is C11H22N2O3. The van der Waals surface area contributed by atoms with E-state index in [1.54, 1.807) is 0 Å². The molecule has 0 radical (unpaired) electrons. The summed E-state index contributed by atoms with van der Waals surface area (Å²) in [6.07, 6.45) is 2.53. The molecule has 1 fully saturated rings. The largest absolute Gasteiger partial charge is 0.388 e. The number of hydrogen-bond donors (Lipinski definition) is 3. The Morgan fingerprint density at radius 3 is 2.75 bits per heavy atom. The summed E-state index contributed by atoms with van der Waals surface area (Å²) in [6, 6.07) is 0. The monoisotopic (exact) mass is 230 g/mol. The van der Waals surface area contributed by atoms with Crippen molar-refractivity contribution >= 4 is 5.91 Å². The molecule has 0 aliphatic carbocycles. The third-order valence-corrected chi connectivity index (χ3v) is 2.87. The van der Waals surface area contributed by atoms with Gasteiger partial charge in [-0.2, -0.15) is 0 Å². The van der Waals surface area contributed by atoms with Crippen molar-refractivity contribution in [2.45, 2.75) is 31.3 Å².